The summed E-state index contributed by atoms with van der Waals surface area (Å²) in [5.74, 6) is -0.309. The van der Waals surface area contributed by atoms with Crippen LogP contribution in [0.4, 0.5) is 0 Å². The molecule has 0 radical (unpaired) electrons. The van der Waals surface area contributed by atoms with E-state index in [2.05, 4.69) is 14.7 Å². The van der Waals surface area contributed by atoms with E-state index < -0.39 is 0 Å². The van der Waals surface area contributed by atoms with Crippen LogP contribution in [0.2, 0.25) is 0 Å². The molecule has 2 heterocycles. The average molecular weight is 327 g/mol. The van der Waals surface area contributed by atoms with Crippen LogP contribution in [0.5, 0.6) is 0 Å². The van der Waals surface area contributed by atoms with E-state index in [1.807, 2.05) is 6.07 Å². The molecule has 3 aromatic rings. The highest BCUT2D eigenvalue weighted by Crippen LogP contribution is 2.20. The number of thioether (sulfide) groups is 1. The van der Waals surface area contributed by atoms with Crippen molar-refractivity contribution in [2.45, 2.75) is 5.16 Å². The number of pyridine rings is 1. The summed E-state index contributed by atoms with van der Waals surface area (Å²) in [4.78, 5) is 32.8. The fourth-order valence-corrected chi connectivity index (χ4v) is 2.95. The van der Waals surface area contributed by atoms with Crippen LogP contribution in [0, 0.1) is 0 Å². The monoisotopic (exact) mass is 327 g/mol. The lowest BCUT2D eigenvalue weighted by molar-refractivity contribution is -0.137. The predicted molar refractivity (Wildman–Crippen MR) is 87.9 cm³/mol. The predicted octanol–water partition coefficient (Wildman–Crippen LogP) is 2.05. The van der Waals surface area contributed by atoms with Gasteiger partial charge in [0.05, 0.1) is 35.6 Å². The molecule has 0 aliphatic heterocycles. The lowest BCUT2D eigenvalue weighted by atomic mass is 10.2. The summed E-state index contributed by atoms with van der Waals surface area (Å²) in [5, 5.41) is 0.936. The van der Waals surface area contributed by atoms with E-state index in [9.17, 15) is 9.59 Å². The standard InChI is InChI=1S/C16H13N3O3S/c1-22-14(20)10-23-16-18-13-7-3-2-6-12(13)15(21)19(16)11-5-4-8-17-9-11/h2-9H,10H2,1H3. The van der Waals surface area contributed by atoms with Gasteiger partial charge in [-0.15, -0.1) is 0 Å². The fraction of sp³-hybridized carbons (Fsp3) is 0.125. The molecule has 6 nitrogen and oxygen atoms in total. The smallest absolute Gasteiger partial charge is 0.316 e. The maximum absolute atomic E-state index is 12.8. The molecule has 0 N–H and O–H groups in total. The number of carbonyl (C=O) groups is 1. The molecule has 23 heavy (non-hydrogen) atoms. The third-order valence-corrected chi connectivity index (χ3v) is 4.11. The van der Waals surface area contributed by atoms with Crippen LogP contribution in [0.3, 0.4) is 0 Å². The molecule has 3 rings (SSSR count). The van der Waals surface area contributed by atoms with Gasteiger partial charge in [0.25, 0.3) is 5.56 Å². The summed E-state index contributed by atoms with van der Waals surface area (Å²) in [7, 11) is 1.32. The number of hydrogen-bond acceptors (Lipinski definition) is 6. The maximum atomic E-state index is 12.8. The van der Waals surface area contributed by atoms with Gasteiger partial charge in [-0.3, -0.25) is 19.1 Å². The van der Waals surface area contributed by atoms with Crippen molar-refractivity contribution in [2.75, 3.05) is 12.9 Å². The van der Waals surface area contributed by atoms with E-state index in [0.717, 1.165) is 11.8 Å². The Labute approximate surface area is 136 Å². The summed E-state index contributed by atoms with van der Waals surface area (Å²) in [5.41, 5.74) is 0.990. The zero-order valence-electron chi connectivity index (χ0n) is 12.3. The van der Waals surface area contributed by atoms with Gasteiger partial charge in [0.15, 0.2) is 5.16 Å². The Morgan fingerprint density at radius 1 is 1.26 bits per heavy atom. The fourth-order valence-electron chi connectivity index (χ4n) is 2.11. The largest absolute Gasteiger partial charge is 0.468 e. The highest BCUT2D eigenvalue weighted by Gasteiger charge is 2.14. The van der Waals surface area contributed by atoms with Gasteiger partial charge in [-0.1, -0.05) is 23.9 Å². The average Bonchev–Trinajstić information content (AvgIpc) is 2.60. The number of rotatable bonds is 4. The highest BCUT2D eigenvalue weighted by molar-refractivity contribution is 7.99. The minimum absolute atomic E-state index is 0.0710. The van der Waals surface area contributed by atoms with Crippen molar-refractivity contribution in [1.82, 2.24) is 14.5 Å². The lowest BCUT2D eigenvalue weighted by Crippen LogP contribution is -2.22. The van der Waals surface area contributed by atoms with Gasteiger partial charge in [-0.05, 0) is 24.3 Å². The first-order chi connectivity index (χ1) is 11.2. The van der Waals surface area contributed by atoms with Crippen molar-refractivity contribution in [2.24, 2.45) is 0 Å². The summed E-state index contributed by atoms with van der Waals surface area (Å²) >= 11 is 1.15. The lowest BCUT2D eigenvalue weighted by Gasteiger charge is -2.12. The van der Waals surface area contributed by atoms with Gasteiger partial charge < -0.3 is 4.74 Å². The first-order valence-electron chi connectivity index (χ1n) is 6.82. The molecule has 116 valence electrons. The Morgan fingerprint density at radius 2 is 2.09 bits per heavy atom. The van der Waals surface area contributed by atoms with E-state index in [1.165, 1.54) is 11.7 Å². The number of methoxy groups -OCH3 is 1. The van der Waals surface area contributed by atoms with Crippen LogP contribution >= 0.6 is 11.8 Å². The second-order valence-electron chi connectivity index (χ2n) is 4.63. The molecule has 0 saturated heterocycles. The molecule has 0 unspecified atom stereocenters. The van der Waals surface area contributed by atoms with Crippen LogP contribution in [0.25, 0.3) is 16.6 Å². The number of esters is 1. The molecule has 1 aromatic carbocycles. The van der Waals surface area contributed by atoms with Crippen LogP contribution in [0.1, 0.15) is 0 Å². The SMILES string of the molecule is COC(=O)CSc1nc2ccccc2c(=O)n1-c1cccnc1. The Balaban J connectivity index is 2.19. The number of nitrogens with zero attached hydrogens (tertiary/aromatic N) is 3. The molecule has 0 bridgehead atoms. The summed E-state index contributed by atoms with van der Waals surface area (Å²) in [6.45, 7) is 0. The van der Waals surface area contributed by atoms with Crippen molar-refractivity contribution in [1.29, 1.82) is 0 Å². The molecular formula is C16H13N3O3S. The van der Waals surface area contributed by atoms with Gasteiger partial charge in [0.2, 0.25) is 0 Å². The quantitative estimate of drug-likeness (QED) is 0.415. The van der Waals surface area contributed by atoms with Crippen LogP contribution in [-0.2, 0) is 9.53 Å². The topological polar surface area (TPSA) is 74.1 Å². The van der Waals surface area contributed by atoms with Crippen LogP contribution < -0.4 is 5.56 Å². The summed E-state index contributed by atoms with van der Waals surface area (Å²) < 4.78 is 6.11. The second kappa shape index (κ2) is 6.62. The molecule has 0 spiro atoms. The molecule has 0 amide bonds. The molecule has 0 atom stereocenters. The number of aromatic nitrogens is 3. The van der Waals surface area contributed by atoms with E-state index >= 15 is 0 Å². The minimum atomic E-state index is -0.379. The van der Waals surface area contributed by atoms with Gasteiger partial charge in [-0.2, -0.15) is 0 Å². The van der Waals surface area contributed by atoms with Gasteiger partial charge in [-0.25, -0.2) is 4.98 Å². The molecular weight excluding hydrogens is 314 g/mol. The first-order valence-corrected chi connectivity index (χ1v) is 7.81. The third-order valence-electron chi connectivity index (χ3n) is 3.20. The van der Waals surface area contributed by atoms with Crippen LogP contribution in [-0.4, -0.2) is 33.4 Å². The van der Waals surface area contributed by atoms with Crippen molar-refractivity contribution >= 4 is 28.6 Å². The number of benzene rings is 1. The Kier molecular flexibility index (Phi) is 4.38. The number of carbonyl (C=O) groups excluding carboxylic acids is 1. The number of hydrogen-bond donors (Lipinski definition) is 0. The third kappa shape index (κ3) is 3.09. The Bertz CT molecular complexity index is 909. The van der Waals surface area contributed by atoms with E-state index in [1.54, 1.807) is 42.7 Å². The van der Waals surface area contributed by atoms with Gasteiger partial charge >= 0.3 is 5.97 Å². The van der Waals surface area contributed by atoms with Crippen molar-refractivity contribution in [3.8, 4) is 5.69 Å². The van der Waals surface area contributed by atoms with Crippen LogP contribution in [0.15, 0.2) is 58.7 Å². The Hall–Kier alpha value is -2.67. The van der Waals surface area contributed by atoms with Gasteiger partial charge in [0, 0.05) is 6.20 Å². The molecule has 0 aliphatic rings. The van der Waals surface area contributed by atoms with E-state index in [4.69, 9.17) is 0 Å². The van der Waals surface area contributed by atoms with Crippen molar-refractivity contribution in [3.63, 3.8) is 0 Å². The first kappa shape index (κ1) is 15.2. The van der Waals surface area contributed by atoms with E-state index in [-0.39, 0.29) is 17.3 Å². The Morgan fingerprint density at radius 3 is 2.83 bits per heavy atom. The van der Waals surface area contributed by atoms with Gasteiger partial charge in [0.1, 0.15) is 0 Å². The van der Waals surface area contributed by atoms with E-state index in [0.29, 0.717) is 21.7 Å². The maximum Gasteiger partial charge on any atom is 0.316 e. The zero-order chi connectivity index (χ0) is 16.2. The highest BCUT2D eigenvalue weighted by atomic mass is 32.2. The number of ether oxygens (including phenoxy) is 1. The zero-order valence-corrected chi connectivity index (χ0v) is 13.1. The summed E-state index contributed by atoms with van der Waals surface area (Å²) in [6, 6.07) is 10.6. The molecule has 0 aliphatic carbocycles. The molecule has 0 fully saturated rings. The van der Waals surface area contributed by atoms with Crippen molar-refractivity contribution in [3.05, 3.63) is 59.1 Å². The second-order valence-corrected chi connectivity index (χ2v) is 5.57. The molecule has 7 heteroatoms. The summed E-state index contributed by atoms with van der Waals surface area (Å²) in [6.07, 6.45) is 3.21. The number of fused-ring (bicyclic) bond motifs is 1. The van der Waals surface area contributed by atoms with Crippen molar-refractivity contribution < 1.29 is 9.53 Å². The molecule has 0 saturated carbocycles. The normalized spacial score (nSPS) is 10.7. The number of para-hydroxylation sites is 1. The molecule has 2 aromatic heterocycles. The minimum Gasteiger partial charge on any atom is -0.468 e.